The summed E-state index contributed by atoms with van der Waals surface area (Å²) in [5.74, 6) is -0.605. The van der Waals surface area contributed by atoms with Crippen molar-refractivity contribution in [1.82, 2.24) is 0 Å². The van der Waals surface area contributed by atoms with E-state index in [0.29, 0.717) is 10.7 Å². The highest BCUT2D eigenvalue weighted by Crippen LogP contribution is 2.17. The van der Waals surface area contributed by atoms with Gasteiger partial charge in [-0.15, -0.1) is 12.6 Å². The van der Waals surface area contributed by atoms with Crippen molar-refractivity contribution in [3.8, 4) is 0 Å². The molecule has 0 aliphatic heterocycles. The molecule has 0 bridgehead atoms. The zero-order chi connectivity index (χ0) is 7.72. The molecule has 10 heavy (non-hydrogen) atoms. The number of hydrogen-bond donors (Lipinski definition) is 2. The molecule has 0 radical (unpaired) electrons. The second-order valence-electron chi connectivity index (χ2n) is 1.86. The minimum atomic E-state index is -1.07. The maximum atomic E-state index is 10.2. The summed E-state index contributed by atoms with van der Waals surface area (Å²) in [4.78, 5) is 10.8. The molecule has 0 spiro atoms. The first-order valence-corrected chi connectivity index (χ1v) is 3.08. The van der Waals surface area contributed by atoms with Gasteiger partial charge in [-0.2, -0.15) is 0 Å². The average molecular weight is 158 g/mol. The van der Waals surface area contributed by atoms with E-state index in [1.807, 2.05) is 0 Å². The first kappa shape index (κ1) is 7.21. The normalized spacial score (nSPS) is 9.80. The van der Waals surface area contributed by atoms with Gasteiger partial charge in [0.2, 0.25) is 5.76 Å². The summed E-state index contributed by atoms with van der Waals surface area (Å²) in [6.45, 7) is 1.66. The Labute approximate surface area is 63.1 Å². The molecular formula is C6H6O3S. The topological polar surface area (TPSA) is 50.4 Å². The van der Waals surface area contributed by atoms with E-state index in [-0.39, 0.29) is 5.76 Å². The Morgan fingerprint density at radius 2 is 2.40 bits per heavy atom. The van der Waals surface area contributed by atoms with Gasteiger partial charge in [0.25, 0.3) is 0 Å². The molecule has 3 nitrogen and oxygen atoms in total. The highest BCUT2D eigenvalue weighted by atomic mass is 32.1. The Morgan fingerprint density at radius 3 is 2.60 bits per heavy atom. The number of carboxylic acids is 1. The van der Waals surface area contributed by atoms with Crippen molar-refractivity contribution in [2.75, 3.05) is 0 Å². The second kappa shape index (κ2) is 2.38. The van der Waals surface area contributed by atoms with E-state index >= 15 is 0 Å². The van der Waals surface area contributed by atoms with Crippen molar-refractivity contribution in [2.24, 2.45) is 0 Å². The fourth-order valence-electron chi connectivity index (χ4n) is 0.578. The van der Waals surface area contributed by atoms with E-state index in [2.05, 4.69) is 12.6 Å². The largest absolute Gasteiger partial charge is 0.475 e. The van der Waals surface area contributed by atoms with Gasteiger partial charge in [-0.25, -0.2) is 4.79 Å². The van der Waals surface area contributed by atoms with Gasteiger partial charge in [0.05, 0.1) is 0 Å². The third-order valence-electron chi connectivity index (χ3n) is 1.10. The van der Waals surface area contributed by atoms with E-state index in [0.717, 1.165) is 0 Å². The standard InChI is InChI=1S/C6H6O3S/c1-3-5(10)2-4(9-3)6(7)8/h2,10H,1H3,(H,7,8). The maximum Gasteiger partial charge on any atom is 0.371 e. The van der Waals surface area contributed by atoms with Gasteiger partial charge >= 0.3 is 5.97 Å². The SMILES string of the molecule is Cc1oc(C(=O)O)cc1S. The lowest BCUT2D eigenvalue weighted by Crippen LogP contribution is -1.91. The quantitative estimate of drug-likeness (QED) is 0.610. The van der Waals surface area contributed by atoms with Crippen molar-refractivity contribution in [3.63, 3.8) is 0 Å². The molecule has 1 heterocycles. The summed E-state index contributed by atoms with van der Waals surface area (Å²) >= 11 is 3.96. The first-order valence-electron chi connectivity index (χ1n) is 2.64. The fourth-order valence-corrected chi connectivity index (χ4v) is 0.741. The zero-order valence-electron chi connectivity index (χ0n) is 5.29. The van der Waals surface area contributed by atoms with E-state index in [4.69, 9.17) is 9.52 Å². The lowest BCUT2D eigenvalue weighted by Gasteiger charge is -1.82. The molecule has 0 aromatic carbocycles. The van der Waals surface area contributed by atoms with Crippen molar-refractivity contribution < 1.29 is 14.3 Å². The van der Waals surface area contributed by atoms with Gasteiger partial charge in [-0.1, -0.05) is 0 Å². The monoisotopic (exact) mass is 158 g/mol. The number of furan rings is 1. The molecule has 0 atom stereocenters. The van der Waals surface area contributed by atoms with Crippen LogP contribution in [0.15, 0.2) is 15.4 Å². The number of aromatic carboxylic acids is 1. The molecule has 1 N–H and O–H groups in total. The predicted octanol–water partition coefficient (Wildman–Crippen LogP) is 1.57. The zero-order valence-corrected chi connectivity index (χ0v) is 6.18. The van der Waals surface area contributed by atoms with Crippen molar-refractivity contribution in [2.45, 2.75) is 11.8 Å². The van der Waals surface area contributed by atoms with E-state index in [1.165, 1.54) is 6.07 Å². The Morgan fingerprint density at radius 1 is 1.80 bits per heavy atom. The molecular weight excluding hydrogens is 152 g/mol. The van der Waals surface area contributed by atoms with Crippen molar-refractivity contribution in [1.29, 1.82) is 0 Å². The summed E-state index contributed by atoms with van der Waals surface area (Å²) in [6.07, 6.45) is 0. The summed E-state index contributed by atoms with van der Waals surface area (Å²) in [5, 5.41) is 8.39. The smallest absolute Gasteiger partial charge is 0.371 e. The molecule has 0 fully saturated rings. The first-order chi connectivity index (χ1) is 4.61. The number of rotatable bonds is 1. The molecule has 0 saturated carbocycles. The van der Waals surface area contributed by atoms with Crippen LogP contribution in [0.3, 0.4) is 0 Å². The third-order valence-corrected chi connectivity index (χ3v) is 1.55. The van der Waals surface area contributed by atoms with Gasteiger partial charge in [-0.3, -0.25) is 0 Å². The molecule has 54 valence electrons. The number of aryl methyl sites for hydroxylation is 1. The van der Waals surface area contributed by atoms with Crippen molar-refractivity contribution in [3.05, 3.63) is 17.6 Å². The molecule has 1 rings (SSSR count). The number of carboxylic acid groups (broad SMARTS) is 1. The van der Waals surface area contributed by atoms with Gasteiger partial charge in [-0.05, 0) is 6.92 Å². The molecule has 0 unspecified atom stereocenters. The molecule has 0 aliphatic rings. The minimum Gasteiger partial charge on any atom is -0.475 e. The van der Waals surface area contributed by atoms with Gasteiger partial charge < -0.3 is 9.52 Å². The second-order valence-corrected chi connectivity index (χ2v) is 2.34. The maximum absolute atomic E-state index is 10.2. The van der Waals surface area contributed by atoms with Crippen molar-refractivity contribution >= 4 is 18.6 Å². The van der Waals surface area contributed by atoms with Crippen LogP contribution in [0.1, 0.15) is 16.3 Å². The van der Waals surface area contributed by atoms with Crippen LogP contribution in [0.5, 0.6) is 0 Å². The van der Waals surface area contributed by atoms with Gasteiger partial charge in [0, 0.05) is 11.0 Å². The van der Waals surface area contributed by atoms with Crippen LogP contribution in [0.2, 0.25) is 0 Å². The highest BCUT2D eigenvalue weighted by molar-refractivity contribution is 7.80. The van der Waals surface area contributed by atoms with E-state index in [1.54, 1.807) is 6.92 Å². The van der Waals surface area contributed by atoms with E-state index in [9.17, 15) is 4.79 Å². The summed E-state index contributed by atoms with van der Waals surface area (Å²) in [5.41, 5.74) is 0. The van der Waals surface area contributed by atoms with Crippen LogP contribution < -0.4 is 0 Å². The molecule has 0 amide bonds. The lowest BCUT2D eigenvalue weighted by atomic mass is 10.4. The Kier molecular flexibility index (Phi) is 1.72. The van der Waals surface area contributed by atoms with Crippen LogP contribution >= 0.6 is 12.6 Å². The lowest BCUT2D eigenvalue weighted by molar-refractivity contribution is 0.0661. The molecule has 0 saturated heterocycles. The number of thiol groups is 1. The van der Waals surface area contributed by atoms with Crippen LogP contribution in [0.25, 0.3) is 0 Å². The van der Waals surface area contributed by atoms with Gasteiger partial charge in [0.15, 0.2) is 0 Å². The van der Waals surface area contributed by atoms with Gasteiger partial charge in [0.1, 0.15) is 5.76 Å². The molecule has 1 aromatic rings. The minimum absolute atomic E-state index is 0.0671. The molecule has 0 aliphatic carbocycles. The predicted molar refractivity (Wildman–Crippen MR) is 37.7 cm³/mol. The Hall–Kier alpha value is -0.900. The molecule has 1 aromatic heterocycles. The fraction of sp³-hybridized carbons (Fsp3) is 0.167. The summed E-state index contributed by atoms with van der Waals surface area (Å²) in [7, 11) is 0. The summed E-state index contributed by atoms with van der Waals surface area (Å²) < 4.78 is 4.80. The van der Waals surface area contributed by atoms with E-state index < -0.39 is 5.97 Å². The van der Waals surface area contributed by atoms with Crippen LogP contribution in [0, 0.1) is 6.92 Å². The highest BCUT2D eigenvalue weighted by Gasteiger charge is 2.09. The Balaban J connectivity index is 3.10. The van der Waals surface area contributed by atoms with Crippen LogP contribution in [-0.2, 0) is 0 Å². The third kappa shape index (κ3) is 1.16. The Bertz CT molecular complexity index is 244. The van der Waals surface area contributed by atoms with Crippen LogP contribution in [0.4, 0.5) is 0 Å². The molecule has 4 heteroatoms. The van der Waals surface area contributed by atoms with Crippen LogP contribution in [-0.4, -0.2) is 11.1 Å². The number of carbonyl (C=O) groups is 1. The summed E-state index contributed by atoms with van der Waals surface area (Å²) in [6, 6.07) is 1.38. The average Bonchev–Trinajstić information content (AvgIpc) is 2.13. The number of hydrogen-bond acceptors (Lipinski definition) is 3.